The number of carbonyl (C=O) groups is 3. The van der Waals surface area contributed by atoms with Crippen molar-refractivity contribution in [3.63, 3.8) is 0 Å². The van der Waals surface area contributed by atoms with E-state index in [-0.39, 0.29) is 24.8 Å². The second kappa shape index (κ2) is 11.9. The maximum absolute atomic E-state index is 14.4. The molecule has 2 atom stereocenters. The summed E-state index contributed by atoms with van der Waals surface area (Å²) in [6.45, 7) is 2.13. The summed E-state index contributed by atoms with van der Waals surface area (Å²) in [5.41, 5.74) is 8.70. The topological polar surface area (TPSA) is 104 Å². The third-order valence-electron chi connectivity index (χ3n) is 6.62. The second-order valence-electron chi connectivity index (χ2n) is 9.13. The van der Waals surface area contributed by atoms with Crippen LogP contribution >= 0.6 is 45.8 Å². The molecule has 1 aliphatic rings. The summed E-state index contributed by atoms with van der Waals surface area (Å²) in [5, 5.41) is 9.98. The predicted molar refractivity (Wildman–Crippen MR) is 158 cm³/mol. The average Bonchev–Trinajstić information content (AvgIpc) is 2.96. The van der Waals surface area contributed by atoms with Gasteiger partial charge in [0, 0.05) is 21.6 Å². The minimum absolute atomic E-state index is 0.00225. The van der Waals surface area contributed by atoms with Crippen LogP contribution in [0.1, 0.15) is 59.8 Å². The number of hydrogen-bond acceptors (Lipinski definition) is 4. The average molecular weight is 666 g/mol. The third-order valence-corrected chi connectivity index (χ3v) is 7.89. The lowest BCUT2D eigenvalue weighted by molar-refractivity contribution is -0.137. The maximum Gasteiger partial charge on any atom is 0.303 e. The van der Waals surface area contributed by atoms with E-state index >= 15 is 0 Å². The molecule has 198 valence electrons. The number of carboxylic acid groups (broad SMARTS) is 1. The number of hydrogen-bond donors (Lipinski definition) is 2. The van der Waals surface area contributed by atoms with Gasteiger partial charge in [-0.1, -0.05) is 41.4 Å². The molecular formula is C28H26Cl2IN3O4. The van der Waals surface area contributed by atoms with Crippen LogP contribution in [0.15, 0.2) is 60.7 Å². The number of benzene rings is 3. The number of anilines is 2. The molecule has 4 rings (SSSR count). The van der Waals surface area contributed by atoms with E-state index in [9.17, 15) is 14.4 Å². The number of rotatable bonds is 8. The Morgan fingerprint density at radius 1 is 1.05 bits per heavy atom. The van der Waals surface area contributed by atoms with Gasteiger partial charge in [-0.25, -0.2) is 0 Å². The first-order chi connectivity index (χ1) is 18.1. The van der Waals surface area contributed by atoms with E-state index in [1.54, 1.807) is 64.4 Å². The number of nitrogens with two attached hydrogens (primary N) is 1. The quantitative estimate of drug-likeness (QED) is 0.158. The van der Waals surface area contributed by atoms with Gasteiger partial charge in [0.25, 0.3) is 11.8 Å². The number of amides is 2. The molecule has 3 aromatic rings. The fourth-order valence-corrected chi connectivity index (χ4v) is 5.40. The van der Waals surface area contributed by atoms with Gasteiger partial charge in [0.1, 0.15) is 6.04 Å². The van der Waals surface area contributed by atoms with E-state index in [0.717, 1.165) is 9.13 Å². The number of unbranched alkanes of at least 4 members (excludes halogenated alkanes) is 1. The van der Waals surface area contributed by atoms with Crippen molar-refractivity contribution in [3.8, 4) is 0 Å². The Bertz CT molecular complexity index is 1380. The number of halogens is 3. The normalized spacial score (nSPS) is 16.3. The van der Waals surface area contributed by atoms with Crippen molar-refractivity contribution in [1.29, 1.82) is 0 Å². The Labute approximate surface area is 244 Å². The minimum atomic E-state index is -0.962. The molecule has 10 heteroatoms. The molecule has 0 radical (unpaired) electrons. The van der Waals surface area contributed by atoms with Crippen molar-refractivity contribution in [3.05, 3.63) is 91.0 Å². The number of carboxylic acids is 1. The van der Waals surface area contributed by atoms with E-state index in [0.29, 0.717) is 45.4 Å². The Hall–Kier alpha value is -2.82. The molecule has 0 aliphatic carbocycles. The molecule has 0 bridgehead atoms. The zero-order chi connectivity index (χ0) is 27.6. The standard InChI is InChI=1S/C28H26Cl2IN3O4/c1-16(18-7-11-22(30)23(32)14-18)34-26(17-5-8-19(29)9-6-17)28(38)33(13-3-2-4-25(35)36)24-12-10-20(31)15-21(24)27(34)37/h5-12,14-16,26H,2-4,13,32H2,1H3,(H,35,36)/t16?,26-/m0/s1. The molecule has 1 aliphatic heterocycles. The smallest absolute Gasteiger partial charge is 0.303 e. The fourth-order valence-electron chi connectivity index (χ4n) is 4.66. The second-order valence-corrected chi connectivity index (χ2v) is 11.2. The van der Waals surface area contributed by atoms with Gasteiger partial charge in [0.05, 0.1) is 28.0 Å². The molecule has 7 nitrogen and oxygen atoms in total. The van der Waals surface area contributed by atoms with E-state index in [1.807, 2.05) is 13.0 Å². The molecule has 1 heterocycles. The number of nitrogen functional groups attached to an aromatic ring is 1. The molecule has 1 unspecified atom stereocenters. The fraction of sp³-hybridized carbons (Fsp3) is 0.250. The molecule has 38 heavy (non-hydrogen) atoms. The lowest BCUT2D eigenvalue weighted by atomic mass is 9.98. The van der Waals surface area contributed by atoms with Gasteiger partial charge in [0.15, 0.2) is 0 Å². The molecule has 0 spiro atoms. The van der Waals surface area contributed by atoms with Crippen molar-refractivity contribution in [2.45, 2.75) is 38.3 Å². The van der Waals surface area contributed by atoms with Gasteiger partial charge in [-0.15, -0.1) is 0 Å². The van der Waals surface area contributed by atoms with Crippen molar-refractivity contribution >= 4 is 75.0 Å². The summed E-state index contributed by atoms with van der Waals surface area (Å²) in [5.74, 6) is -1.48. The molecule has 0 fully saturated rings. The zero-order valence-electron chi connectivity index (χ0n) is 20.5. The van der Waals surface area contributed by atoms with Gasteiger partial charge >= 0.3 is 5.97 Å². The number of fused-ring (bicyclic) bond motifs is 1. The van der Waals surface area contributed by atoms with Crippen LogP contribution < -0.4 is 10.6 Å². The van der Waals surface area contributed by atoms with Crippen molar-refractivity contribution < 1.29 is 19.5 Å². The number of aliphatic carboxylic acids is 1. The Morgan fingerprint density at radius 3 is 2.42 bits per heavy atom. The summed E-state index contributed by atoms with van der Waals surface area (Å²) in [6, 6.07) is 16.0. The van der Waals surface area contributed by atoms with Gasteiger partial charge in [-0.2, -0.15) is 0 Å². The van der Waals surface area contributed by atoms with Crippen LogP contribution in [0.25, 0.3) is 0 Å². The first-order valence-electron chi connectivity index (χ1n) is 12.0. The lowest BCUT2D eigenvalue weighted by Crippen LogP contribution is -2.44. The Balaban J connectivity index is 1.87. The highest BCUT2D eigenvalue weighted by atomic mass is 127. The zero-order valence-corrected chi connectivity index (χ0v) is 24.2. The molecule has 0 aromatic heterocycles. The van der Waals surface area contributed by atoms with Crippen LogP contribution in [0.3, 0.4) is 0 Å². The van der Waals surface area contributed by atoms with Crippen LogP contribution in [0.4, 0.5) is 11.4 Å². The van der Waals surface area contributed by atoms with Crippen LogP contribution in [0.5, 0.6) is 0 Å². The predicted octanol–water partition coefficient (Wildman–Crippen LogP) is 6.73. The van der Waals surface area contributed by atoms with Gasteiger partial charge in [-0.05, 0) is 95.9 Å². The monoisotopic (exact) mass is 665 g/mol. The van der Waals surface area contributed by atoms with Gasteiger partial charge in [0.2, 0.25) is 0 Å². The first kappa shape index (κ1) is 28.2. The number of nitrogens with zero attached hydrogens (tertiary/aromatic N) is 2. The molecule has 2 amide bonds. The molecule has 3 N–H and O–H groups in total. The SMILES string of the molecule is CC(c1ccc(Cl)c(N)c1)N1C(=O)c2cc(I)ccc2N(CCCCC(=O)O)C(=O)[C@@H]1c1ccc(Cl)cc1. The number of carbonyl (C=O) groups excluding carboxylic acids is 2. The van der Waals surface area contributed by atoms with E-state index < -0.39 is 18.1 Å². The summed E-state index contributed by atoms with van der Waals surface area (Å²) in [6.07, 6.45) is 0.874. The molecule has 0 saturated heterocycles. The molecule has 0 saturated carbocycles. The van der Waals surface area contributed by atoms with Crippen molar-refractivity contribution in [2.75, 3.05) is 17.2 Å². The summed E-state index contributed by atoms with van der Waals surface area (Å²) in [4.78, 5) is 42.9. The molecular weight excluding hydrogens is 640 g/mol. The third kappa shape index (κ3) is 5.92. The highest BCUT2D eigenvalue weighted by Crippen LogP contribution is 2.41. The van der Waals surface area contributed by atoms with E-state index in [2.05, 4.69) is 22.6 Å². The molecule has 3 aromatic carbocycles. The van der Waals surface area contributed by atoms with E-state index in [4.69, 9.17) is 34.0 Å². The van der Waals surface area contributed by atoms with E-state index in [1.165, 1.54) is 0 Å². The van der Waals surface area contributed by atoms with Crippen LogP contribution in [-0.2, 0) is 9.59 Å². The van der Waals surface area contributed by atoms with Gasteiger partial charge in [-0.3, -0.25) is 14.4 Å². The summed E-state index contributed by atoms with van der Waals surface area (Å²) in [7, 11) is 0. The van der Waals surface area contributed by atoms with Crippen molar-refractivity contribution in [2.24, 2.45) is 0 Å². The Kier molecular flexibility index (Phi) is 8.85. The highest BCUT2D eigenvalue weighted by molar-refractivity contribution is 14.1. The van der Waals surface area contributed by atoms with Crippen LogP contribution in [0, 0.1) is 3.57 Å². The summed E-state index contributed by atoms with van der Waals surface area (Å²) >= 11 is 14.5. The van der Waals surface area contributed by atoms with Crippen LogP contribution in [0.2, 0.25) is 10.0 Å². The Morgan fingerprint density at radius 2 is 1.76 bits per heavy atom. The van der Waals surface area contributed by atoms with Crippen LogP contribution in [-0.4, -0.2) is 34.3 Å². The largest absolute Gasteiger partial charge is 0.481 e. The summed E-state index contributed by atoms with van der Waals surface area (Å²) < 4.78 is 0.848. The van der Waals surface area contributed by atoms with Crippen molar-refractivity contribution in [1.82, 2.24) is 4.90 Å². The minimum Gasteiger partial charge on any atom is -0.481 e. The van der Waals surface area contributed by atoms with Gasteiger partial charge < -0.3 is 20.6 Å². The highest BCUT2D eigenvalue weighted by Gasteiger charge is 2.43. The maximum atomic E-state index is 14.4. The lowest BCUT2D eigenvalue weighted by Gasteiger charge is -2.36. The first-order valence-corrected chi connectivity index (χ1v) is 13.9.